The minimum Gasteiger partial charge on any atom is -0.374 e. The Morgan fingerprint density at radius 1 is 1.13 bits per heavy atom. The molecule has 1 heterocycles. The summed E-state index contributed by atoms with van der Waals surface area (Å²) in [6.07, 6.45) is -3.59. The number of amides is 2. The van der Waals surface area contributed by atoms with Crippen molar-refractivity contribution in [3.8, 4) is 0 Å². The van der Waals surface area contributed by atoms with Crippen molar-refractivity contribution in [2.75, 3.05) is 44.4 Å². The number of benzene rings is 2. The maximum Gasteiger partial charge on any atom is 0.416 e. The molecule has 0 radical (unpaired) electrons. The van der Waals surface area contributed by atoms with Crippen molar-refractivity contribution in [1.29, 1.82) is 0 Å². The van der Waals surface area contributed by atoms with Gasteiger partial charge in [-0.15, -0.1) is 0 Å². The van der Waals surface area contributed by atoms with Gasteiger partial charge in [0, 0.05) is 31.5 Å². The summed E-state index contributed by atoms with van der Waals surface area (Å²) in [5.41, 5.74) is 2.44. The second-order valence-corrected chi connectivity index (χ2v) is 7.78. The number of hydrogen-bond donors (Lipinski definition) is 2. The Labute approximate surface area is 179 Å². The number of likely N-dealkylation sites (N-methyl/N-ethyl adjacent to an activating group) is 2. The lowest BCUT2D eigenvalue weighted by Gasteiger charge is -2.26. The molecule has 1 unspecified atom stereocenters. The predicted octanol–water partition coefficient (Wildman–Crippen LogP) is 3.06. The first-order valence-electron chi connectivity index (χ1n) is 9.83. The number of alkyl halides is 3. The number of nitrogens with zero attached hydrogens (tertiary/aromatic N) is 2. The van der Waals surface area contributed by atoms with Crippen molar-refractivity contribution in [2.24, 2.45) is 0 Å². The molecule has 6 nitrogen and oxygen atoms in total. The van der Waals surface area contributed by atoms with Crippen LogP contribution in [-0.4, -0.2) is 50.9 Å². The molecule has 2 N–H and O–H groups in total. The minimum atomic E-state index is -4.54. The molecule has 0 aromatic heterocycles. The van der Waals surface area contributed by atoms with Gasteiger partial charge in [0.05, 0.1) is 11.6 Å². The highest BCUT2D eigenvalue weighted by atomic mass is 19.4. The third kappa shape index (κ3) is 5.35. The Bertz CT molecular complexity index is 975. The molecule has 166 valence electrons. The highest BCUT2D eigenvalue weighted by Crippen LogP contribution is 2.31. The zero-order valence-electron chi connectivity index (χ0n) is 17.6. The van der Waals surface area contributed by atoms with Crippen molar-refractivity contribution in [2.45, 2.75) is 18.6 Å². The zero-order chi connectivity index (χ0) is 22.8. The van der Waals surface area contributed by atoms with Crippen molar-refractivity contribution in [1.82, 2.24) is 10.2 Å². The van der Waals surface area contributed by atoms with E-state index in [4.69, 9.17) is 0 Å². The second-order valence-electron chi connectivity index (χ2n) is 7.78. The first-order chi connectivity index (χ1) is 14.6. The average molecular weight is 434 g/mol. The highest BCUT2D eigenvalue weighted by molar-refractivity contribution is 6.39. The van der Waals surface area contributed by atoms with Crippen LogP contribution in [0.2, 0.25) is 0 Å². The topological polar surface area (TPSA) is 64.7 Å². The predicted molar refractivity (Wildman–Crippen MR) is 113 cm³/mol. The first-order valence-corrected chi connectivity index (χ1v) is 9.83. The Kier molecular flexibility index (Phi) is 6.54. The van der Waals surface area contributed by atoms with Gasteiger partial charge in [-0.05, 0) is 55.9 Å². The van der Waals surface area contributed by atoms with Crippen LogP contribution in [0, 0.1) is 0 Å². The molecule has 0 saturated heterocycles. The van der Waals surface area contributed by atoms with E-state index in [1.54, 1.807) is 0 Å². The number of carbonyl (C=O) groups is 2. The molecule has 1 aliphatic heterocycles. The summed E-state index contributed by atoms with van der Waals surface area (Å²) in [7, 11) is 5.79. The largest absolute Gasteiger partial charge is 0.416 e. The fourth-order valence-electron chi connectivity index (χ4n) is 3.62. The molecule has 1 aliphatic rings. The van der Waals surface area contributed by atoms with Gasteiger partial charge in [-0.25, -0.2) is 0 Å². The van der Waals surface area contributed by atoms with Gasteiger partial charge in [0.15, 0.2) is 0 Å². The minimum absolute atomic E-state index is 0.0955. The molecule has 3 rings (SSSR count). The second kappa shape index (κ2) is 8.97. The van der Waals surface area contributed by atoms with Crippen molar-refractivity contribution in [3.05, 3.63) is 59.2 Å². The van der Waals surface area contributed by atoms with Crippen LogP contribution in [-0.2, 0) is 22.2 Å². The van der Waals surface area contributed by atoms with E-state index in [1.165, 1.54) is 23.4 Å². The summed E-state index contributed by atoms with van der Waals surface area (Å²) in [5.74, 6) is -1.93. The fraction of sp³-hybridized carbons (Fsp3) is 0.364. The quantitative estimate of drug-likeness (QED) is 0.710. The molecular formula is C22H25F3N4O2. The van der Waals surface area contributed by atoms with Gasteiger partial charge in [0.25, 0.3) is 0 Å². The standard InChI is InChI=1S/C22H25F3N4O2/c1-28(2)19(14-7-8-18-15(11-14)9-10-29(18)3)13-26-20(30)21(31)27-17-6-4-5-16(12-17)22(23,24)25/h4-8,11-12,19H,9-10,13H2,1-3H3,(H,26,30)(H,27,31). The third-order valence-electron chi connectivity index (χ3n) is 5.35. The number of hydrogen-bond acceptors (Lipinski definition) is 4. The van der Waals surface area contributed by atoms with Gasteiger partial charge in [0.1, 0.15) is 0 Å². The van der Waals surface area contributed by atoms with Crippen LogP contribution in [0.15, 0.2) is 42.5 Å². The van der Waals surface area contributed by atoms with E-state index in [9.17, 15) is 22.8 Å². The first kappa shape index (κ1) is 22.6. The monoisotopic (exact) mass is 434 g/mol. The van der Waals surface area contributed by atoms with Crippen molar-refractivity contribution in [3.63, 3.8) is 0 Å². The van der Waals surface area contributed by atoms with Crippen LogP contribution in [0.1, 0.15) is 22.7 Å². The van der Waals surface area contributed by atoms with E-state index in [1.807, 2.05) is 32.1 Å². The van der Waals surface area contributed by atoms with E-state index in [0.29, 0.717) is 0 Å². The molecule has 0 fully saturated rings. The van der Waals surface area contributed by atoms with Crippen molar-refractivity contribution < 1.29 is 22.8 Å². The number of fused-ring (bicyclic) bond motifs is 1. The molecular weight excluding hydrogens is 409 g/mol. The summed E-state index contributed by atoms with van der Waals surface area (Å²) in [6.45, 7) is 1.13. The van der Waals surface area contributed by atoms with Crippen molar-refractivity contribution >= 4 is 23.2 Å². The zero-order valence-corrected chi connectivity index (χ0v) is 17.6. The third-order valence-corrected chi connectivity index (χ3v) is 5.35. The molecule has 1 atom stereocenters. The van der Waals surface area contributed by atoms with Crippen LogP contribution in [0.3, 0.4) is 0 Å². The van der Waals surface area contributed by atoms with Crippen LogP contribution >= 0.6 is 0 Å². The number of halogens is 3. The number of carbonyl (C=O) groups excluding carboxylic acids is 2. The molecule has 2 amide bonds. The van der Waals surface area contributed by atoms with E-state index in [0.717, 1.165) is 30.7 Å². The Hall–Kier alpha value is -3.07. The molecule has 31 heavy (non-hydrogen) atoms. The lowest BCUT2D eigenvalue weighted by molar-refractivity contribution is -0.137. The summed E-state index contributed by atoms with van der Waals surface area (Å²) >= 11 is 0. The van der Waals surface area contributed by atoms with Gasteiger partial charge >= 0.3 is 18.0 Å². The molecule has 2 aromatic carbocycles. The molecule has 0 bridgehead atoms. The Morgan fingerprint density at radius 2 is 1.87 bits per heavy atom. The maximum atomic E-state index is 12.8. The Balaban J connectivity index is 1.63. The molecule has 0 aliphatic carbocycles. The lowest BCUT2D eigenvalue weighted by Crippen LogP contribution is -2.40. The van der Waals surface area contributed by atoms with Crippen LogP contribution in [0.25, 0.3) is 0 Å². The van der Waals surface area contributed by atoms with E-state index >= 15 is 0 Å². The molecule has 9 heteroatoms. The average Bonchev–Trinajstić information content (AvgIpc) is 3.07. The molecule has 0 spiro atoms. The highest BCUT2D eigenvalue weighted by Gasteiger charge is 2.30. The van der Waals surface area contributed by atoms with Gasteiger partial charge in [-0.1, -0.05) is 18.2 Å². The van der Waals surface area contributed by atoms with Crippen LogP contribution in [0.4, 0.5) is 24.5 Å². The van der Waals surface area contributed by atoms with Gasteiger partial charge in [0.2, 0.25) is 0 Å². The molecule has 0 saturated carbocycles. The number of nitrogens with one attached hydrogen (secondary N) is 2. The SMILES string of the molecule is CN1CCc2cc(C(CNC(=O)C(=O)Nc3cccc(C(F)(F)F)c3)N(C)C)ccc21. The summed E-state index contributed by atoms with van der Waals surface area (Å²) < 4.78 is 38.4. The Morgan fingerprint density at radius 3 is 2.55 bits per heavy atom. The number of rotatable bonds is 5. The van der Waals surface area contributed by atoms with Crippen LogP contribution in [0.5, 0.6) is 0 Å². The van der Waals surface area contributed by atoms with E-state index < -0.39 is 23.6 Å². The summed E-state index contributed by atoms with van der Waals surface area (Å²) in [6, 6.07) is 10.1. The summed E-state index contributed by atoms with van der Waals surface area (Å²) in [4.78, 5) is 28.5. The van der Waals surface area contributed by atoms with Gasteiger partial charge < -0.3 is 20.4 Å². The van der Waals surface area contributed by atoms with Crippen LogP contribution < -0.4 is 15.5 Å². The number of anilines is 2. The fourth-order valence-corrected chi connectivity index (χ4v) is 3.62. The van der Waals surface area contributed by atoms with Gasteiger partial charge in [-0.3, -0.25) is 9.59 Å². The molecule has 2 aromatic rings. The van der Waals surface area contributed by atoms with E-state index in [2.05, 4.69) is 27.7 Å². The van der Waals surface area contributed by atoms with E-state index in [-0.39, 0.29) is 18.3 Å². The van der Waals surface area contributed by atoms with Gasteiger partial charge in [-0.2, -0.15) is 13.2 Å². The summed E-state index contributed by atoms with van der Waals surface area (Å²) in [5, 5.41) is 4.79. The lowest BCUT2D eigenvalue weighted by atomic mass is 10.0. The maximum absolute atomic E-state index is 12.8. The normalized spacial score (nSPS) is 14.4. The smallest absolute Gasteiger partial charge is 0.374 e.